The van der Waals surface area contributed by atoms with E-state index >= 15 is 0 Å². The number of fused-ring (bicyclic) bond motifs is 1. The second-order valence-electron chi connectivity index (χ2n) is 5.73. The number of imide groups is 1. The van der Waals surface area contributed by atoms with Gasteiger partial charge in [-0.15, -0.1) is 6.58 Å². The molecule has 2 unspecified atom stereocenters. The number of nitro groups is 1. The third-order valence-corrected chi connectivity index (χ3v) is 4.89. The maximum atomic E-state index is 12.4. The predicted octanol–water partition coefficient (Wildman–Crippen LogP) is 2.04. The largest absolute Gasteiger partial charge is 0.278 e. The number of amides is 2. The minimum Gasteiger partial charge on any atom is -0.278 e. The van der Waals surface area contributed by atoms with Crippen LogP contribution in [0.4, 0.5) is 5.69 Å². The summed E-state index contributed by atoms with van der Waals surface area (Å²) in [7, 11) is 0. The lowest BCUT2D eigenvalue weighted by Gasteiger charge is -2.24. The molecule has 3 rings (SSSR count). The maximum absolute atomic E-state index is 12.4. The number of hydrogen-bond acceptors (Lipinski definition) is 4. The quantitative estimate of drug-likeness (QED) is 0.361. The van der Waals surface area contributed by atoms with Gasteiger partial charge >= 0.3 is 0 Å². The fourth-order valence-electron chi connectivity index (χ4n) is 3.83. The van der Waals surface area contributed by atoms with Crippen molar-refractivity contribution in [2.75, 3.05) is 6.54 Å². The Balaban J connectivity index is 1.99. The molecular formula is C16H16N2O4. The van der Waals surface area contributed by atoms with Crippen LogP contribution < -0.4 is 0 Å². The third-order valence-electron chi connectivity index (χ3n) is 4.89. The van der Waals surface area contributed by atoms with E-state index in [1.165, 1.54) is 23.1 Å². The first-order valence-electron chi connectivity index (χ1n) is 7.20. The number of hydrogen-bond donors (Lipinski definition) is 0. The zero-order chi connectivity index (χ0) is 16.1. The summed E-state index contributed by atoms with van der Waals surface area (Å²) >= 11 is 0. The lowest BCUT2D eigenvalue weighted by Crippen LogP contribution is -2.38. The zero-order valence-electron chi connectivity index (χ0n) is 12.2. The maximum Gasteiger partial charge on any atom is 0.269 e. The fourth-order valence-corrected chi connectivity index (χ4v) is 3.83. The molecular weight excluding hydrogens is 284 g/mol. The van der Waals surface area contributed by atoms with Crippen LogP contribution >= 0.6 is 0 Å². The van der Waals surface area contributed by atoms with Crippen LogP contribution in [0.1, 0.15) is 18.9 Å². The second kappa shape index (κ2) is 4.76. The molecule has 0 radical (unpaired) electrons. The molecule has 0 bridgehead atoms. The Labute approximate surface area is 127 Å². The third kappa shape index (κ3) is 1.66. The van der Waals surface area contributed by atoms with E-state index in [2.05, 4.69) is 6.58 Å². The number of carbonyl (C=O) groups is 2. The Hall–Kier alpha value is -2.50. The molecule has 114 valence electrons. The molecule has 1 heterocycles. The number of non-ortho nitro benzene ring substituents is 1. The molecule has 0 spiro atoms. The molecule has 1 saturated carbocycles. The van der Waals surface area contributed by atoms with Crippen LogP contribution in [0.3, 0.4) is 0 Å². The summed E-state index contributed by atoms with van der Waals surface area (Å²) in [5, 5.41) is 11.0. The van der Waals surface area contributed by atoms with Gasteiger partial charge in [-0.1, -0.05) is 25.1 Å². The lowest BCUT2D eigenvalue weighted by atomic mass is 9.87. The number of benzene rings is 1. The highest BCUT2D eigenvalue weighted by molar-refractivity contribution is 6.12. The highest BCUT2D eigenvalue weighted by Crippen LogP contribution is 2.66. The van der Waals surface area contributed by atoms with Crippen LogP contribution in [0.2, 0.25) is 0 Å². The van der Waals surface area contributed by atoms with Crippen LogP contribution in [-0.4, -0.2) is 28.2 Å². The number of piperidine rings is 1. The standard InChI is InChI=1S/C16H16N2O4/c1-3-8-17-14(19)12-13(15(17)20)16(12,4-2)10-6-5-7-11(9-10)18(21)22/h3,5-7,9,12-13H,1,4,8H2,2H3. The van der Waals surface area contributed by atoms with Crippen LogP contribution in [0.25, 0.3) is 0 Å². The zero-order valence-corrected chi connectivity index (χ0v) is 12.2. The Bertz CT molecular complexity index is 675. The van der Waals surface area contributed by atoms with E-state index in [-0.39, 0.29) is 24.0 Å². The topological polar surface area (TPSA) is 80.5 Å². The van der Waals surface area contributed by atoms with Gasteiger partial charge in [-0.2, -0.15) is 0 Å². The first kappa shape index (κ1) is 14.4. The first-order valence-corrected chi connectivity index (χ1v) is 7.20. The summed E-state index contributed by atoms with van der Waals surface area (Å²) in [4.78, 5) is 36.6. The van der Waals surface area contributed by atoms with Gasteiger partial charge in [0.05, 0.1) is 16.8 Å². The van der Waals surface area contributed by atoms with E-state index < -0.39 is 22.2 Å². The molecule has 2 fully saturated rings. The number of nitrogens with zero attached hydrogens (tertiary/aromatic N) is 2. The first-order chi connectivity index (χ1) is 10.5. The van der Waals surface area contributed by atoms with Crippen molar-refractivity contribution in [3.63, 3.8) is 0 Å². The molecule has 1 aliphatic carbocycles. The lowest BCUT2D eigenvalue weighted by molar-refractivity contribution is -0.385. The van der Waals surface area contributed by atoms with Gasteiger partial charge < -0.3 is 0 Å². The van der Waals surface area contributed by atoms with Crippen molar-refractivity contribution < 1.29 is 14.5 Å². The predicted molar refractivity (Wildman–Crippen MR) is 79.0 cm³/mol. The molecule has 1 saturated heterocycles. The van der Waals surface area contributed by atoms with E-state index in [1.54, 1.807) is 12.1 Å². The Morgan fingerprint density at radius 1 is 1.36 bits per heavy atom. The van der Waals surface area contributed by atoms with Crippen molar-refractivity contribution in [3.8, 4) is 0 Å². The summed E-state index contributed by atoms with van der Waals surface area (Å²) in [5.41, 5.74) is 0.106. The van der Waals surface area contributed by atoms with E-state index in [9.17, 15) is 19.7 Å². The second-order valence-corrected chi connectivity index (χ2v) is 5.73. The summed E-state index contributed by atoms with van der Waals surface area (Å²) in [6, 6.07) is 6.28. The molecule has 2 aliphatic rings. The van der Waals surface area contributed by atoms with E-state index in [0.717, 1.165) is 0 Å². The highest BCUT2D eigenvalue weighted by atomic mass is 16.6. The van der Waals surface area contributed by atoms with E-state index in [4.69, 9.17) is 0 Å². The van der Waals surface area contributed by atoms with Crippen LogP contribution in [0.15, 0.2) is 36.9 Å². The smallest absolute Gasteiger partial charge is 0.269 e. The number of rotatable bonds is 5. The van der Waals surface area contributed by atoms with Gasteiger partial charge in [-0.3, -0.25) is 24.6 Å². The molecule has 0 N–H and O–H groups in total. The van der Waals surface area contributed by atoms with Crippen LogP contribution in [0, 0.1) is 22.0 Å². The van der Waals surface area contributed by atoms with Gasteiger partial charge in [-0.25, -0.2) is 0 Å². The van der Waals surface area contributed by atoms with Gasteiger partial charge in [0.25, 0.3) is 5.69 Å². The molecule has 6 nitrogen and oxygen atoms in total. The molecule has 6 heteroatoms. The summed E-state index contributed by atoms with van der Waals surface area (Å²) < 4.78 is 0. The van der Waals surface area contributed by atoms with Gasteiger partial charge in [0.2, 0.25) is 11.8 Å². The molecule has 2 amide bonds. The van der Waals surface area contributed by atoms with Crippen molar-refractivity contribution >= 4 is 17.5 Å². The normalized spacial score (nSPS) is 29.4. The monoisotopic (exact) mass is 300 g/mol. The summed E-state index contributed by atoms with van der Waals surface area (Å²) in [6.07, 6.45) is 2.13. The molecule has 0 aromatic heterocycles. The average molecular weight is 300 g/mol. The Morgan fingerprint density at radius 2 is 2.00 bits per heavy atom. The minimum atomic E-state index is -0.585. The van der Waals surface area contributed by atoms with Crippen molar-refractivity contribution in [2.24, 2.45) is 11.8 Å². The van der Waals surface area contributed by atoms with Crippen molar-refractivity contribution in [2.45, 2.75) is 18.8 Å². The molecule has 22 heavy (non-hydrogen) atoms. The van der Waals surface area contributed by atoms with Gasteiger partial charge in [0, 0.05) is 24.1 Å². The number of nitro benzene ring substituents is 1. The highest BCUT2D eigenvalue weighted by Gasteiger charge is 2.76. The van der Waals surface area contributed by atoms with E-state index in [0.29, 0.717) is 12.0 Å². The molecule has 2 atom stereocenters. The van der Waals surface area contributed by atoms with Crippen molar-refractivity contribution in [3.05, 3.63) is 52.6 Å². The van der Waals surface area contributed by atoms with Gasteiger partial charge in [-0.05, 0) is 12.0 Å². The van der Waals surface area contributed by atoms with Crippen molar-refractivity contribution in [1.29, 1.82) is 0 Å². The Morgan fingerprint density at radius 3 is 2.50 bits per heavy atom. The molecule has 1 aromatic rings. The summed E-state index contributed by atoms with van der Waals surface area (Å²) in [6.45, 7) is 5.69. The van der Waals surface area contributed by atoms with Crippen LogP contribution in [-0.2, 0) is 15.0 Å². The number of likely N-dealkylation sites (tertiary alicyclic amines) is 1. The van der Waals surface area contributed by atoms with Crippen LogP contribution in [0.5, 0.6) is 0 Å². The Kier molecular flexibility index (Phi) is 3.12. The van der Waals surface area contributed by atoms with Gasteiger partial charge in [0.1, 0.15) is 0 Å². The van der Waals surface area contributed by atoms with Crippen molar-refractivity contribution in [1.82, 2.24) is 4.90 Å². The minimum absolute atomic E-state index is 0.0156. The molecule has 1 aliphatic heterocycles. The number of carbonyl (C=O) groups excluding carboxylic acids is 2. The van der Waals surface area contributed by atoms with Gasteiger partial charge in [0.15, 0.2) is 0 Å². The molecule has 1 aromatic carbocycles. The SMILES string of the molecule is C=CCN1C(=O)C2C(C1=O)C2(CC)c1cccc([N+](=O)[O-])c1. The summed E-state index contributed by atoms with van der Waals surface area (Å²) in [5.74, 6) is -1.18. The van der Waals surface area contributed by atoms with E-state index in [1.807, 2.05) is 6.92 Å². The fraction of sp³-hybridized carbons (Fsp3) is 0.375. The average Bonchev–Trinajstić information content (AvgIpc) is 3.14.